The average molecular weight is 196 g/mol. The molecule has 1 N–H and O–H groups in total. The highest BCUT2D eigenvalue weighted by Crippen LogP contribution is 2.33. The SMILES string of the molecule is CC(C)[C@H]1C=C(CC(=O)O)[C@H](C)CC1. The number of hydrogen-bond donors (Lipinski definition) is 1. The molecule has 1 aliphatic rings. The summed E-state index contributed by atoms with van der Waals surface area (Å²) in [6.07, 6.45) is 4.78. The molecule has 0 aromatic rings. The fourth-order valence-electron chi connectivity index (χ4n) is 2.08. The first-order valence-electron chi connectivity index (χ1n) is 5.43. The molecule has 0 aromatic heterocycles. The zero-order chi connectivity index (χ0) is 10.7. The Hall–Kier alpha value is -0.790. The first kappa shape index (κ1) is 11.3. The first-order chi connectivity index (χ1) is 6.50. The van der Waals surface area contributed by atoms with Crippen LogP contribution in [0.15, 0.2) is 11.6 Å². The molecule has 0 aliphatic heterocycles. The second-order valence-electron chi connectivity index (χ2n) is 4.70. The Labute approximate surface area is 86.0 Å². The van der Waals surface area contributed by atoms with Gasteiger partial charge in [-0.05, 0) is 30.6 Å². The number of allylic oxidation sites excluding steroid dienone is 1. The van der Waals surface area contributed by atoms with E-state index < -0.39 is 5.97 Å². The largest absolute Gasteiger partial charge is 0.481 e. The number of carboxylic acids is 1. The lowest BCUT2D eigenvalue weighted by Crippen LogP contribution is -2.17. The summed E-state index contributed by atoms with van der Waals surface area (Å²) in [6, 6.07) is 0. The maximum atomic E-state index is 10.6. The number of rotatable bonds is 3. The predicted octanol–water partition coefficient (Wildman–Crippen LogP) is 3.09. The summed E-state index contributed by atoms with van der Waals surface area (Å²) in [4.78, 5) is 10.6. The predicted molar refractivity (Wildman–Crippen MR) is 57.1 cm³/mol. The minimum Gasteiger partial charge on any atom is -0.481 e. The first-order valence-corrected chi connectivity index (χ1v) is 5.43. The van der Waals surface area contributed by atoms with E-state index in [1.807, 2.05) is 0 Å². The highest BCUT2D eigenvalue weighted by molar-refractivity contribution is 5.70. The van der Waals surface area contributed by atoms with Gasteiger partial charge in [-0.15, -0.1) is 0 Å². The molecule has 0 saturated carbocycles. The van der Waals surface area contributed by atoms with Gasteiger partial charge in [0.15, 0.2) is 0 Å². The zero-order valence-electron chi connectivity index (χ0n) is 9.29. The van der Waals surface area contributed by atoms with Crippen LogP contribution in [0.4, 0.5) is 0 Å². The lowest BCUT2D eigenvalue weighted by atomic mass is 9.78. The summed E-state index contributed by atoms with van der Waals surface area (Å²) >= 11 is 0. The second-order valence-corrected chi connectivity index (χ2v) is 4.70. The molecule has 0 aromatic carbocycles. The van der Waals surface area contributed by atoms with Gasteiger partial charge in [0.1, 0.15) is 0 Å². The minimum absolute atomic E-state index is 0.227. The molecule has 2 atom stereocenters. The maximum Gasteiger partial charge on any atom is 0.307 e. The van der Waals surface area contributed by atoms with Crippen LogP contribution in [0, 0.1) is 17.8 Å². The van der Waals surface area contributed by atoms with E-state index in [1.165, 1.54) is 6.42 Å². The molecule has 2 heteroatoms. The van der Waals surface area contributed by atoms with Crippen molar-refractivity contribution < 1.29 is 9.90 Å². The summed E-state index contributed by atoms with van der Waals surface area (Å²) in [5.74, 6) is 0.973. The molecule has 1 rings (SSSR count). The van der Waals surface area contributed by atoms with Crippen LogP contribution in [0.3, 0.4) is 0 Å². The molecular weight excluding hydrogens is 176 g/mol. The van der Waals surface area contributed by atoms with E-state index in [9.17, 15) is 4.79 Å². The Morgan fingerprint density at radius 3 is 2.71 bits per heavy atom. The van der Waals surface area contributed by atoms with Crippen LogP contribution in [0.25, 0.3) is 0 Å². The molecule has 0 radical (unpaired) electrons. The summed E-state index contributed by atoms with van der Waals surface area (Å²) in [5, 5.41) is 8.77. The Balaban J connectivity index is 2.71. The molecule has 0 fully saturated rings. The standard InChI is InChI=1S/C12H20O2/c1-8(2)10-5-4-9(3)11(6-10)7-12(13)14/h6,8-10H,4-5,7H2,1-3H3,(H,13,14)/t9-,10-/m1/s1. The molecule has 1 aliphatic carbocycles. The lowest BCUT2D eigenvalue weighted by molar-refractivity contribution is -0.136. The van der Waals surface area contributed by atoms with Gasteiger partial charge in [0.25, 0.3) is 0 Å². The molecule has 2 nitrogen and oxygen atoms in total. The van der Waals surface area contributed by atoms with Gasteiger partial charge < -0.3 is 5.11 Å². The Morgan fingerprint density at radius 1 is 1.57 bits per heavy atom. The van der Waals surface area contributed by atoms with Crippen LogP contribution in [0.5, 0.6) is 0 Å². The number of aliphatic carboxylic acids is 1. The van der Waals surface area contributed by atoms with Crippen molar-refractivity contribution in [2.75, 3.05) is 0 Å². The van der Waals surface area contributed by atoms with Crippen molar-refractivity contribution in [3.05, 3.63) is 11.6 Å². The fourth-order valence-corrected chi connectivity index (χ4v) is 2.08. The van der Waals surface area contributed by atoms with E-state index in [2.05, 4.69) is 26.8 Å². The molecule has 14 heavy (non-hydrogen) atoms. The number of carboxylic acid groups (broad SMARTS) is 1. The Bertz CT molecular complexity index is 241. The van der Waals surface area contributed by atoms with Gasteiger partial charge in [0.2, 0.25) is 0 Å². The molecule has 80 valence electrons. The van der Waals surface area contributed by atoms with Crippen molar-refractivity contribution in [1.82, 2.24) is 0 Å². The monoisotopic (exact) mass is 196 g/mol. The van der Waals surface area contributed by atoms with Gasteiger partial charge in [0.05, 0.1) is 6.42 Å². The van der Waals surface area contributed by atoms with Gasteiger partial charge in [-0.1, -0.05) is 32.4 Å². The molecule has 0 heterocycles. The van der Waals surface area contributed by atoms with Gasteiger partial charge in [-0.2, -0.15) is 0 Å². The van der Waals surface area contributed by atoms with E-state index >= 15 is 0 Å². The van der Waals surface area contributed by atoms with Crippen LogP contribution in [-0.4, -0.2) is 11.1 Å². The summed E-state index contributed by atoms with van der Waals surface area (Å²) in [7, 11) is 0. The number of hydrogen-bond acceptors (Lipinski definition) is 1. The summed E-state index contributed by atoms with van der Waals surface area (Å²) in [5.41, 5.74) is 1.13. The second kappa shape index (κ2) is 4.63. The minimum atomic E-state index is -0.701. The van der Waals surface area contributed by atoms with E-state index in [0.29, 0.717) is 17.8 Å². The quantitative estimate of drug-likeness (QED) is 0.704. The van der Waals surface area contributed by atoms with Crippen molar-refractivity contribution in [2.45, 2.75) is 40.0 Å². The third kappa shape index (κ3) is 2.86. The molecular formula is C12H20O2. The van der Waals surface area contributed by atoms with Gasteiger partial charge in [-0.25, -0.2) is 0 Å². The summed E-state index contributed by atoms with van der Waals surface area (Å²) < 4.78 is 0. The van der Waals surface area contributed by atoms with Crippen LogP contribution < -0.4 is 0 Å². The highest BCUT2D eigenvalue weighted by Gasteiger charge is 2.22. The van der Waals surface area contributed by atoms with E-state index in [-0.39, 0.29) is 6.42 Å². The number of carbonyl (C=O) groups is 1. The lowest BCUT2D eigenvalue weighted by Gasteiger charge is -2.28. The molecule has 0 spiro atoms. The van der Waals surface area contributed by atoms with E-state index in [1.54, 1.807) is 0 Å². The topological polar surface area (TPSA) is 37.3 Å². The van der Waals surface area contributed by atoms with Crippen molar-refractivity contribution >= 4 is 5.97 Å². The summed E-state index contributed by atoms with van der Waals surface area (Å²) in [6.45, 7) is 6.54. The molecule has 0 amide bonds. The Morgan fingerprint density at radius 2 is 2.21 bits per heavy atom. The highest BCUT2D eigenvalue weighted by atomic mass is 16.4. The molecule has 0 unspecified atom stereocenters. The van der Waals surface area contributed by atoms with Crippen LogP contribution in [-0.2, 0) is 4.79 Å². The van der Waals surface area contributed by atoms with E-state index in [0.717, 1.165) is 12.0 Å². The third-order valence-corrected chi connectivity index (χ3v) is 3.21. The maximum absolute atomic E-state index is 10.6. The van der Waals surface area contributed by atoms with Crippen LogP contribution >= 0.6 is 0 Å². The van der Waals surface area contributed by atoms with Gasteiger partial charge >= 0.3 is 5.97 Å². The van der Waals surface area contributed by atoms with Crippen molar-refractivity contribution in [1.29, 1.82) is 0 Å². The van der Waals surface area contributed by atoms with Crippen LogP contribution in [0.1, 0.15) is 40.0 Å². The fraction of sp³-hybridized carbons (Fsp3) is 0.750. The van der Waals surface area contributed by atoms with Gasteiger partial charge in [-0.3, -0.25) is 4.79 Å². The molecule has 0 bridgehead atoms. The average Bonchev–Trinajstić information content (AvgIpc) is 2.07. The van der Waals surface area contributed by atoms with Crippen molar-refractivity contribution in [3.8, 4) is 0 Å². The third-order valence-electron chi connectivity index (χ3n) is 3.21. The smallest absolute Gasteiger partial charge is 0.307 e. The van der Waals surface area contributed by atoms with Crippen LogP contribution in [0.2, 0.25) is 0 Å². The van der Waals surface area contributed by atoms with E-state index in [4.69, 9.17) is 5.11 Å². The van der Waals surface area contributed by atoms with Crippen molar-refractivity contribution in [2.24, 2.45) is 17.8 Å². The van der Waals surface area contributed by atoms with Crippen molar-refractivity contribution in [3.63, 3.8) is 0 Å². The van der Waals surface area contributed by atoms with Gasteiger partial charge in [0, 0.05) is 0 Å². The normalized spacial score (nSPS) is 27.6. The Kier molecular flexibility index (Phi) is 3.73. The molecule has 0 saturated heterocycles. The zero-order valence-corrected chi connectivity index (χ0v) is 9.29.